The molecular formula is C16H25BrFNO. The summed E-state index contributed by atoms with van der Waals surface area (Å²) in [7, 11) is 1.76. The van der Waals surface area contributed by atoms with Gasteiger partial charge in [-0.3, -0.25) is 0 Å². The highest BCUT2D eigenvalue weighted by atomic mass is 79.9. The fourth-order valence-corrected chi connectivity index (χ4v) is 2.88. The molecule has 0 heterocycles. The number of halogens is 2. The summed E-state index contributed by atoms with van der Waals surface area (Å²) in [5.74, 6) is 0.206. The van der Waals surface area contributed by atoms with Crippen molar-refractivity contribution in [2.75, 3.05) is 13.7 Å². The minimum atomic E-state index is -0.223. The SMILES string of the molecule is CCCNC(Cc1ccc(F)c(Br)c1)C(OC)C(C)C. The van der Waals surface area contributed by atoms with Gasteiger partial charge in [-0.05, 0) is 58.9 Å². The molecule has 0 saturated carbocycles. The van der Waals surface area contributed by atoms with E-state index in [0.29, 0.717) is 10.4 Å². The van der Waals surface area contributed by atoms with Gasteiger partial charge >= 0.3 is 0 Å². The second-order valence-corrected chi connectivity index (χ2v) is 6.31. The maximum Gasteiger partial charge on any atom is 0.137 e. The van der Waals surface area contributed by atoms with Crippen LogP contribution in [-0.4, -0.2) is 25.8 Å². The third-order valence-electron chi connectivity index (χ3n) is 3.42. The summed E-state index contributed by atoms with van der Waals surface area (Å²) in [5, 5.41) is 3.55. The normalized spacial score (nSPS) is 14.6. The molecule has 0 aliphatic carbocycles. The Morgan fingerprint density at radius 3 is 2.55 bits per heavy atom. The molecule has 0 aromatic heterocycles. The van der Waals surface area contributed by atoms with Crippen molar-refractivity contribution in [1.82, 2.24) is 5.32 Å². The lowest BCUT2D eigenvalue weighted by Gasteiger charge is -2.30. The number of rotatable bonds is 8. The molecular weight excluding hydrogens is 321 g/mol. The third-order valence-corrected chi connectivity index (χ3v) is 4.03. The van der Waals surface area contributed by atoms with Crippen molar-refractivity contribution in [3.05, 3.63) is 34.1 Å². The van der Waals surface area contributed by atoms with Gasteiger partial charge < -0.3 is 10.1 Å². The van der Waals surface area contributed by atoms with Crippen LogP contribution in [0.3, 0.4) is 0 Å². The Morgan fingerprint density at radius 2 is 2.05 bits per heavy atom. The van der Waals surface area contributed by atoms with Crippen LogP contribution in [0.1, 0.15) is 32.8 Å². The fourth-order valence-electron chi connectivity index (χ4n) is 2.46. The average Bonchev–Trinajstić information content (AvgIpc) is 2.40. The molecule has 1 aromatic rings. The smallest absolute Gasteiger partial charge is 0.137 e. The van der Waals surface area contributed by atoms with Crippen LogP contribution < -0.4 is 5.32 Å². The Hall–Kier alpha value is -0.450. The largest absolute Gasteiger partial charge is 0.380 e. The molecule has 1 aromatic carbocycles. The van der Waals surface area contributed by atoms with E-state index in [2.05, 4.69) is 42.0 Å². The first kappa shape index (κ1) is 17.6. The van der Waals surface area contributed by atoms with Crippen LogP contribution in [0, 0.1) is 11.7 Å². The van der Waals surface area contributed by atoms with Gasteiger partial charge in [0, 0.05) is 13.2 Å². The summed E-state index contributed by atoms with van der Waals surface area (Å²) >= 11 is 3.25. The molecule has 4 heteroatoms. The van der Waals surface area contributed by atoms with E-state index >= 15 is 0 Å². The number of benzene rings is 1. The van der Waals surface area contributed by atoms with Crippen molar-refractivity contribution in [1.29, 1.82) is 0 Å². The Kier molecular flexibility index (Phi) is 7.70. The van der Waals surface area contributed by atoms with Crippen molar-refractivity contribution < 1.29 is 9.13 Å². The zero-order valence-corrected chi connectivity index (χ0v) is 14.3. The summed E-state index contributed by atoms with van der Waals surface area (Å²) < 4.78 is 19.5. The number of ether oxygens (including phenoxy) is 1. The van der Waals surface area contributed by atoms with E-state index in [9.17, 15) is 4.39 Å². The lowest BCUT2D eigenvalue weighted by molar-refractivity contribution is 0.0332. The second kappa shape index (κ2) is 8.75. The molecule has 0 bridgehead atoms. The minimum Gasteiger partial charge on any atom is -0.380 e. The highest BCUT2D eigenvalue weighted by Gasteiger charge is 2.24. The fraction of sp³-hybridized carbons (Fsp3) is 0.625. The highest BCUT2D eigenvalue weighted by molar-refractivity contribution is 9.10. The van der Waals surface area contributed by atoms with Gasteiger partial charge in [0.05, 0.1) is 10.6 Å². The van der Waals surface area contributed by atoms with Gasteiger partial charge in [0.15, 0.2) is 0 Å². The molecule has 2 nitrogen and oxygen atoms in total. The molecule has 0 saturated heterocycles. The van der Waals surface area contributed by atoms with E-state index in [0.717, 1.165) is 24.9 Å². The van der Waals surface area contributed by atoms with Crippen LogP contribution in [0.15, 0.2) is 22.7 Å². The van der Waals surface area contributed by atoms with E-state index < -0.39 is 0 Å². The first-order chi connectivity index (χ1) is 9.49. The number of hydrogen-bond donors (Lipinski definition) is 1. The molecule has 114 valence electrons. The summed E-state index contributed by atoms with van der Waals surface area (Å²) in [6.45, 7) is 7.43. The van der Waals surface area contributed by atoms with Crippen LogP contribution >= 0.6 is 15.9 Å². The molecule has 0 aliphatic heterocycles. The molecule has 0 aliphatic rings. The van der Waals surface area contributed by atoms with E-state index in [1.807, 2.05) is 12.1 Å². The van der Waals surface area contributed by atoms with Crippen LogP contribution in [0.2, 0.25) is 0 Å². The summed E-state index contributed by atoms with van der Waals surface area (Å²) in [5.41, 5.74) is 1.11. The van der Waals surface area contributed by atoms with Gasteiger partial charge in [-0.2, -0.15) is 0 Å². The zero-order valence-electron chi connectivity index (χ0n) is 12.7. The Labute approximate surface area is 130 Å². The number of nitrogens with one attached hydrogen (secondary N) is 1. The van der Waals surface area contributed by atoms with Gasteiger partial charge in [0.2, 0.25) is 0 Å². The molecule has 20 heavy (non-hydrogen) atoms. The molecule has 0 fully saturated rings. The maximum atomic E-state index is 13.3. The summed E-state index contributed by atoms with van der Waals surface area (Å²) in [6.07, 6.45) is 2.05. The quantitative estimate of drug-likeness (QED) is 0.763. The predicted molar refractivity (Wildman–Crippen MR) is 85.5 cm³/mol. The first-order valence-corrected chi connectivity index (χ1v) is 7.99. The Bertz CT molecular complexity index is 411. The van der Waals surface area contributed by atoms with Crippen molar-refractivity contribution >= 4 is 15.9 Å². The molecule has 1 N–H and O–H groups in total. The van der Waals surface area contributed by atoms with E-state index in [-0.39, 0.29) is 18.0 Å². The van der Waals surface area contributed by atoms with Gasteiger partial charge in [0.1, 0.15) is 5.82 Å². The topological polar surface area (TPSA) is 21.3 Å². The predicted octanol–water partition coefficient (Wildman–Crippen LogP) is 4.17. The number of hydrogen-bond acceptors (Lipinski definition) is 2. The lowest BCUT2D eigenvalue weighted by atomic mass is 9.93. The van der Waals surface area contributed by atoms with Crippen LogP contribution in [-0.2, 0) is 11.2 Å². The average molecular weight is 346 g/mol. The van der Waals surface area contributed by atoms with Crippen LogP contribution in [0.5, 0.6) is 0 Å². The summed E-state index contributed by atoms with van der Waals surface area (Å²) in [6, 6.07) is 5.43. The van der Waals surface area contributed by atoms with Crippen molar-refractivity contribution in [2.45, 2.75) is 45.8 Å². The van der Waals surface area contributed by atoms with Crippen LogP contribution in [0.25, 0.3) is 0 Å². The standard InChI is InChI=1S/C16H25BrFNO/c1-5-8-19-15(16(20-4)11(2)3)10-12-6-7-14(18)13(17)9-12/h6-7,9,11,15-16,19H,5,8,10H2,1-4H3. The molecule has 2 atom stereocenters. The van der Waals surface area contributed by atoms with Crippen molar-refractivity contribution in [3.8, 4) is 0 Å². The van der Waals surface area contributed by atoms with E-state index in [1.54, 1.807) is 7.11 Å². The summed E-state index contributed by atoms with van der Waals surface area (Å²) in [4.78, 5) is 0. The minimum absolute atomic E-state index is 0.144. The second-order valence-electron chi connectivity index (χ2n) is 5.46. The van der Waals surface area contributed by atoms with E-state index in [4.69, 9.17) is 4.74 Å². The molecule has 0 amide bonds. The van der Waals surface area contributed by atoms with Gasteiger partial charge in [-0.25, -0.2) is 4.39 Å². The van der Waals surface area contributed by atoms with Gasteiger partial charge in [0.25, 0.3) is 0 Å². The molecule has 0 radical (unpaired) electrons. The molecule has 2 unspecified atom stereocenters. The third kappa shape index (κ3) is 5.15. The Balaban J connectivity index is 2.84. The van der Waals surface area contributed by atoms with Gasteiger partial charge in [-0.1, -0.05) is 26.8 Å². The lowest BCUT2D eigenvalue weighted by Crippen LogP contribution is -2.45. The van der Waals surface area contributed by atoms with Crippen LogP contribution in [0.4, 0.5) is 4.39 Å². The number of methoxy groups -OCH3 is 1. The monoisotopic (exact) mass is 345 g/mol. The highest BCUT2D eigenvalue weighted by Crippen LogP contribution is 2.20. The molecule has 0 spiro atoms. The zero-order chi connectivity index (χ0) is 15.1. The Morgan fingerprint density at radius 1 is 1.35 bits per heavy atom. The maximum absolute atomic E-state index is 13.3. The molecule has 1 rings (SSSR count). The first-order valence-electron chi connectivity index (χ1n) is 7.19. The van der Waals surface area contributed by atoms with Gasteiger partial charge in [-0.15, -0.1) is 0 Å². The van der Waals surface area contributed by atoms with E-state index in [1.165, 1.54) is 6.07 Å². The van der Waals surface area contributed by atoms with Crippen molar-refractivity contribution in [3.63, 3.8) is 0 Å². The van der Waals surface area contributed by atoms with Crippen molar-refractivity contribution in [2.24, 2.45) is 5.92 Å².